The fourth-order valence-corrected chi connectivity index (χ4v) is 4.48. The molecule has 0 bridgehead atoms. The van der Waals surface area contributed by atoms with Gasteiger partial charge in [-0.3, -0.25) is 4.79 Å². The summed E-state index contributed by atoms with van der Waals surface area (Å²) < 4.78 is 11.8. The number of anilines is 1. The maximum Gasteiger partial charge on any atom is 0.254 e. The van der Waals surface area contributed by atoms with Gasteiger partial charge in [0.05, 0.1) is 24.9 Å². The molecule has 0 saturated carbocycles. The molecule has 7 heteroatoms. The normalized spacial score (nSPS) is 15.3. The number of nitrogens with zero attached hydrogens (tertiary/aromatic N) is 4. The maximum atomic E-state index is 13.3. The van der Waals surface area contributed by atoms with Crippen molar-refractivity contribution in [2.75, 3.05) is 31.6 Å². The number of carbonyl (C=O) groups excluding carboxylic acids is 1. The van der Waals surface area contributed by atoms with Crippen LogP contribution in [0.25, 0.3) is 0 Å². The lowest BCUT2D eigenvalue weighted by Crippen LogP contribution is -2.37. The standard InChI is InChI=1S/C26H28N4O3/c1-18-9-3-4-10-19(18)25(31)30-16-13-21-20(17-30)24(28-26(27-21)29-14-7-8-15-29)33-23-12-6-5-11-22(23)32-2/h3-6,9-12H,7-8,13-17H2,1-2H3. The van der Waals surface area contributed by atoms with Crippen LogP contribution in [0.1, 0.15) is 40.0 Å². The van der Waals surface area contributed by atoms with Gasteiger partial charge in [0.1, 0.15) is 0 Å². The minimum Gasteiger partial charge on any atom is -0.493 e. The summed E-state index contributed by atoms with van der Waals surface area (Å²) in [6.45, 7) is 4.89. The van der Waals surface area contributed by atoms with Crippen LogP contribution >= 0.6 is 0 Å². The molecular weight excluding hydrogens is 416 g/mol. The summed E-state index contributed by atoms with van der Waals surface area (Å²) in [5, 5.41) is 0. The Labute approximate surface area is 194 Å². The molecule has 3 heterocycles. The number of aryl methyl sites for hydroxylation is 1. The van der Waals surface area contributed by atoms with Crippen LogP contribution in [-0.4, -0.2) is 47.5 Å². The first-order valence-corrected chi connectivity index (χ1v) is 11.4. The first kappa shape index (κ1) is 21.2. The molecule has 0 radical (unpaired) electrons. The van der Waals surface area contributed by atoms with E-state index in [4.69, 9.17) is 19.4 Å². The second kappa shape index (κ2) is 9.10. The lowest BCUT2D eigenvalue weighted by atomic mass is 10.0. The van der Waals surface area contributed by atoms with Gasteiger partial charge in [0.2, 0.25) is 11.8 Å². The molecule has 5 rings (SSSR count). The Balaban J connectivity index is 1.51. The van der Waals surface area contributed by atoms with Crippen LogP contribution in [0.5, 0.6) is 17.4 Å². The number of hydrogen-bond donors (Lipinski definition) is 0. The zero-order valence-corrected chi connectivity index (χ0v) is 19.1. The number of fused-ring (bicyclic) bond motifs is 1. The molecule has 170 valence electrons. The Hall–Kier alpha value is -3.61. The Bertz CT molecular complexity index is 1170. The van der Waals surface area contributed by atoms with E-state index in [0.29, 0.717) is 42.8 Å². The Morgan fingerprint density at radius 2 is 1.67 bits per heavy atom. The Kier molecular flexibility index (Phi) is 5.86. The zero-order valence-electron chi connectivity index (χ0n) is 19.1. The number of rotatable bonds is 5. The summed E-state index contributed by atoms with van der Waals surface area (Å²) in [6, 6.07) is 15.2. The molecule has 7 nitrogen and oxygen atoms in total. The molecule has 33 heavy (non-hydrogen) atoms. The van der Waals surface area contributed by atoms with Crippen molar-refractivity contribution < 1.29 is 14.3 Å². The smallest absolute Gasteiger partial charge is 0.254 e. The SMILES string of the molecule is COc1ccccc1Oc1nc(N2CCCC2)nc2c1CN(C(=O)c1ccccc1C)CC2. The van der Waals surface area contributed by atoms with Crippen molar-refractivity contribution in [3.8, 4) is 17.4 Å². The van der Waals surface area contributed by atoms with Gasteiger partial charge in [-0.15, -0.1) is 0 Å². The lowest BCUT2D eigenvalue weighted by Gasteiger charge is -2.30. The van der Waals surface area contributed by atoms with Crippen molar-refractivity contribution >= 4 is 11.9 Å². The van der Waals surface area contributed by atoms with Gasteiger partial charge in [-0.1, -0.05) is 30.3 Å². The van der Waals surface area contributed by atoms with Crippen molar-refractivity contribution in [2.24, 2.45) is 0 Å². The second-order valence-corrected chi connectivity index (χ2v) is 8.49. The summed E-state index contributed by atoms with van der Waals surface area (Å²) in [4.78, 5) is 27.1. The second-order valence-electron chi connectivity index (χ2n) is 8.49. The molecule has 0 aliphatic carbocycles. The maximum absolute atomic E-state index is 13.3. The number of aromatic nitrogens is 2. The first-order valence-electron chi connectivity index (χ1n) is 11.4. The molecule has 2 aliphatic rings. The topological polar surface area (TPSA) is 67.8 Å². The predicted molar refractivity (Wildman–Crippen MR) is 126 cm³/mol. The van der Waals surface area contributed by atoms with Gasteiger partial charge in [0.15, 0.2) is 11.5 Å². The summed E-state index contributed by atoms with van der Waals surface area (Å²) in [7, 11) is 1.62. The van der Waals surface area contributed by atoms with E-state index < -0.39 is 0 Å². The number of para-hydroxylation sites is 2. The number of hydrogen-bond acceptors (Lipinski definition) is 6. The average molecular weight is 445 g/mol. The molecule has 0 spiro atoms. The van der Waals surface area contributed by atoms with Crippen LogP contribution in [0.3, 0.4) is 0 Å². The molecule has 0 N–H and O–H groups in total. The van der Waals surface area contributed by atoms with Gasteiger partial charge >= 0.3 is 0 Å². The van der Waals surface area contributed by atoms with Crippen LogP contribution in [0.2, 0.25) is 0 Å². The molecule has 1 saturated heterocycles. The third kappa shape index (κ3) is 4.23. The van der Waals surface area contributed by atoms with Crippen molar-refractivity contribution in [1.29, 1.82) is 0 Å². The molecule has 1 amide bonds. The van der Waals surface area contributed by atoms with Crippen molar-refractivity contribution in [1.82, 2.24) is 14.9 Å². The summed E-state index contributed by atoms with van der Waals surface area (Å²) in [5.41, 5.74) is 3.50. The van der Waals surface area contributed by atoms with E-state index in [0.717, 1.165) is 48.3 Å². The molecule has 0 unspecified atom stereocenters. The van der Waals surface area contributed by atoms with Gasteiger partial charge in [0, 0.05) is 31.6 Å². The highest BCUT2D eigenvalue weighted by atomic mass is 16.5. The number of ether oxygens (including phenoxy) is 2. The van der Waals surface area contributed by atoms with Gasteiger partial charge < -0.3 is 19.3 Å². The highest BCUT2D eigenvalue weighted by Gasteiger charge is 2.29. The lowest BCUT2D eigenvalue weighted by molar-refractivity contribution is 0.0731. The number of amides is 1. The summed E-state index contributed by atoms with van der Waals surface area (Å²) in [6.07, 6.45) is 2.95. The molecule has 3 aromatic rings. The third-order valence-electron chi connectivity index (χ3n) is 6.34. The van der Waals surface area contributed by atoms with Crippen LogP contribution in [0.4, 0.5) is 5.95 Å². The van der Waals surface area contributed by atoms with Crippen molar-refractivity contribution in [3.05, 3.63) is 70.9 Å². The minimum atomic E-state index is 0.0191. The van der Waals surface area contributed by atoms with Crippen LogP contribution < -0.4 is 14.4 Å². The highest BCUT2D eigenvalue weighted by molar-refractivity contribution is 5.95. The Morgan fingerprint density at radius 1 is 0.939 bits per heavy atom. The number of methoxy groups -OCH3 is 1. The zero-order chi connectivity index (χ0) is 22.8. The van der Waals surface area contributed by atoms with E-state index in [9.17, 15) is 4.79 Å². The van der Waals surface area contributed by atoms with E-state index in [1.54, 1.807) is 7.11 Å². The van der Waals surface area contributed by atoms with E-state index in [-0.39, 0.29) is 5.91 Å². The van der Waals surface area contributed by atoms with E-state index >= 15 is 0 Å². The van der Waals surface area contributed by atoms with E-state index in [2.05, 4.69) is 4.90 Å². The van der Waals surface area contributed by atoms with Crippen LogP contribution in [0, 0.1) is 6.92 Å². The number of benzene rings is 2. The molecule has 1 aromatic heterocycles. The minimum absolute atomic E-state index is 0.0191. The third-order valence-corrected chi connectivity index (χ3v) is 6.34. The van der Waals surface area contributed by atoms with Gasteiger partial charge in [0.25, 0.3) is 5.91 Å². The average Bonchev–Trinajstić information content (AvgIpc) is 3.39. The Morgan fingerprint density at radius 3 is 2.42 bits per heavy atom. The fourth-order valence-electron chi connectivity index (χ4n) is 4.48. The van der Waals surface area contributed by atoms with Crippen LogP contribution in [0.15, 0.2) is 48.5 Å². The molecule has 1 fully saturated rings. The van der Waals surface area contributed by atoms with Crippen molar-refractivity contribution in [2.45, 2.75) is 32.7 Å². The first-order chi connectivity index (χ1) is 16.1. The summed E-state index contributed by atoms with van der Waals surface area (Å²) in [5.74, 6) is 2.45. The van der Waals surface area contributed by atoms with Gasteiger partial charge in [-0.2, -0.15) is 4.98 Å². The molecule has 0 atom stereocenters. The summed E-state index contributed by atoms with van der Waals surface area (Å²) >= 11 is 0. The fraction of sp³-hybridized carbons (Fsp3) is 0.346. The van der Waals surface area contributed by atoms with E-state index in [1.807, 2.05) is 60.4 Å². The molecule has 2 aromatic carbocycles. The van der Waals surface area contributed by atoms with E-state index in [1.165, 1.54) is 0 Å². The quantitative estimate of drug-likeness (QED) is 0.582. The molecule has 2 aliphatic heterocycles. The monoisotopic (exact) mass is 444 g/mol. The van der Waals surface area contributed by atoms with Crippen molar-refractivity contribution in [3.63, 3.8) is 0 Å². The molecular formula is C26H28N4O3. The number of carbonyl (C=O) groups is 1. The van der Waals surface area contributed by atoms with Gasteiger partial charge in [-0.05, 0) is 43.5 Å². The van der Waals surface area contributed by atoms with Gasteiger partial charge in [-0.25, -0.2) is 4.98 Å². The largest absolute Gasteiger partial charge is 0.493 e. The predicted octanol–water partition coefficient (Wildman–Crippen LogP) is 4.38. The van der Waals surface area contributed by atoms with Crippen LogP contribution in [-0.2, 0) is 13.0 Å². The highest BCUT2D eigenvalue weighted by Crippen LogP contribution is 2.36.